The van der Waals surface area contributed by atoms with Crippen LogP contribution in [0.15, 0.2) is 78.9 Å². The van der Waals surface area contributed by atoms with Crippen molar-refractivity contribution in [1.82, 2.24) is 0 Å². The van der Waals surface area contributed by atoms with Gasteiger partial charge in [0.25, 0.3) is 0 Å². The first-order valence-electron chi connectivity index (χ1n) is 9.22. The fourth-order valence-electron chi connectivity index (χ4n) is 3.66. The van der Waals surface area contributed by atoms with Gasteiger partial charge < -0.3 is 10.6 Å². The van der Waals surface area contributed by atoms with E-state index in [1.165, 1.54) is 4.90 Å². The van der Waals surface area contributed by atoms with Crippen molar-refractivity contribution < 1.29 is 9.59 Å². The molecule has 0 spiro atoms. The van der Waals surface area contributed by atoms with E-state index in [1.54, 1.807) is 29.2 Å². The van der Waals surface area contributed by atoms with Crippen molar-refractivity contribution >= 4 is 34.6 Å². The Hall–Kier alpha value is -3.60. The summed E-state index contributed by atoms with van der Waals surface area (Å²) < 4.78 is 0. The minimum absolute atomic E-state index is 0.0714. The summed E-state index contributed by atoms with van der Waals surface area (Å²) in [4.78, 5) is 29.7. The number of hydrogen-bond donors (Lipinski definition) is 1. The summed E-state index contributed by atoms with van der Waals surface area (Å²) in [6, 6.07) is 23.7. The summed E-state index contributed by atoms with van der Waals surface area (Å²) in [5.74, 6) is -1.14. The highest BCUT2D eigenvalue weighted by Gasteiger charge is 2.37. The quantitative estimate of drug-likeness (QED) is 0.549. The van der Waals surface area contributed by atoms with Gasteiger partial charge in [0.05, 0.1) is 0 Å². The molecule has 0 bridgehead atoms. The van der Waals surface area contributed by atoms with Crippen molar-refractivity contribution in [3.05, 3.63) is 84.4 Å². The van der Waals surface area contributed by atoms with Crippen LogP contribution in [0.5, 0.6) is 0 Å². The Bertz CT molecular complexity index is 1020. The largest absolute Gasteiger partial charge is 0.399 e. The summed E-state index contributed by atoms with van der Waals surface area (Å²) >= 11 is 0. The predicted molar refractivity (Wildman–Crippen MR) is 112 cm³/mol. The summed E-state index contributed by atoms with van der Waals surface area (Å²) in [6.07, 6.45) is 0.738. The molecule has 1 aliphatic rings. The molecule has 140 valence electrons. The average Bonchev–Trinajstić information content (AvgIpc) is 3.05. The number of benzene rings is 3. The lowest BCUT2D eigenvalue weighted by atomic mass is 10.1. The van der Waals surface area contributed by atoms with Crippen LogP contribution in [0.3, 0.4) is 0 Å². The highest BCUT2D eigenvalue weighted by atomic mass is 16.2. The van der Waals surface area contributed by atoms with Crippen molar-refractivity contribution in [2.24, 2.45) is 0 Å². The standard InChI is InChI=1S/C23H21N3O2/c1-16-15-17-7-5-6-10-21(17)25(16)22(27)23(28)26(19-8-3-2-4-9-19)20-13-11-18(24)12-14-20/h2-14,16H,15,24H2,1H3. The molecule has 1 aliphatic heterocycles. The number of nitrogens with two attached hydrogens (primary N) is 1. The smallest absolute Gasteiger partial charge is 0.321 e. The summed E-state index contributed by atoms with van der Waals surface area (Å²) in [7, 11) is 0. The molecule has 3 aromatic rings. The lowest BCUT2D eigenvalue weighted by Crippen LogP contribution is -2.46. The van der Waals surface area contributed by atoms with Gasteiger partial charge in [0.2, 0.25) is 0 Å². The van der Waals surface area contributed by atoms with Crippen LogP contribution in [0, 0.1) is 0 Å². The monoisotopic (exact) mass is 371 g/mol. The fraction of sp³-hybridized carbons (Fsp3) is 0.130. The van der Waals surface area contributed by atoms with E-state index in [0.29, 0.717) is 17.1 Å². The molecule has 28 heavy (non-hydrogen) atoms. The lowest BCUT2D eigenvalue weighted by Gasteiger charge is -2.27. The molecular weight excluding hydrogens is 350 g/mol. The van der Waals surface area contributed by atoms with Gasteiger partial charge in [-0.15, -0.1) is 0 Å². The molecule has 0 radical (unpaired) electrons. The molecule has 0 saturated carbocycles. The first-order valence-corrected chi connectivity index (χ1v) is 9.22. The number of anilines is 4. The van der Waals surface area contributed by atoms with Crippen molar-refractivity contribution in [2.45, 2.75) is 19.4 Å². The molecule has 1 heterocycles. The third-order valence-corrected chi connectivity index (χ3v) is 4.98. The van der Waals surface area contributed by atoms with E-state index in [-0.39, 0.29) is 6.04 Å². The van der Waals surface area contributed by atoms with Crippen LogP contribution in [0.1, 0.15) is 12.5 Å². The van der Waals surface area contributed by atoms with E-state index in [1.807, 2.05) is 61.5 Å². The van der Waals surface area contributed by atoms with Crippen molar-refractivity contribution in [3.8, 4) is 0 Å². The van der Waals surface area contributed by atoms with Gasteiger partial charge >= 0.3 is 11.8 Å². The number of rotatable bonds is 2. The van der Waals surface area contributed by atoms with Gasteiger partial charge in [-0.1, -0.05) is 36.4 Å². The van der Waals surface area contributed by atoms with E-state index < -0.39 is 11.8 Å². The average molecular weight is 371 g/mol. The number of para-hydroxylation sites is 2. The Morgan fingerprint density at radius 1 is 0.893 bits per heavy atom. The lowest BCUT2D eigenvalue weighted by molar-refractivity contribution is -0.135. The molecule has 0 fully saturated rings. The van der Waals surface area contributed by atoms with Gasteiger partial charge in [-0.05, 0) is 61.4 Å². The zero-order chi connectivity index (χ0) is 19.7. The highest BCUT2D eigenvalue weighted by molar-refractivity contribution is 6.46. The number of carbonyl (C=O) groups is 2. The maximum atomic E-state index is 13.4. The molecule has 5 nitrogen and oxygen atoms in total. The van der Waals surface area contributed by atoms with E-state index in [9.17, 15) is 9.59 Å². The molecule has 2 amide bonds. The number of hydrogen-bond acceptors (Lipinski definition) is 3. The molecule has 0 aliphatic carbocycles. The number of nitrogen functional groups attached to an aromatic ring is 1. The number of amides is 2. The topological polar surface area (TPSA) is 66.6 Å². The summed E-state index contributed by atoms with van der Waals surface area (Å²) in [5.41, 5.74) is 9.50. The molecule has 0 aromatic heterocycles. The van der Waals surface area contributed by atoms with Crippen molar-refractivity contribution in [1.29, 1.82) is 0 Å². The molecule has 0 saturated heterocycles. The first kappa shape index (κ1) is 17.8. The summed E-state index contributed by atoms with van der Waals surface area (Å²) in [6.45, 7) is 1.96. The molecular formula is C23H21N3O2. The van der Waals surface area contributed by atoms with Gasteiger partial charge in [0, 0.05) is 28.8 Å². The third kappa shape index (κ3) is 3.11. The Morgan fingerprint density at radius 3 is 2.21 bits per heavy atom. The zero-order valence-corrected chi connectivity index (χ0v) is 15.6. The van der Waals surface area contributed by atoms with Crippen molar-refractivity contribution in [2.75, 3.05) is 15.5 Å². The Morgan fingerprint density at radius 2 is 1.50 bits per heavy atom. The van der Waals surface area contributed by atoms with E-state index in [2.05, 4.69) is 0 Å². The van der Waals surface area contributed by atoms with Crippen LogP contribution in [-0.4, -0.2) is 17.9 Å². The van der Waals surface area contributed by atoms with Gasteiger partial charge in [-0.2, -0.15) is 0 Å². The Balaban J connectivity index is 1.74. The van der Waals surface area contributed by atoms with Gasteiger partial charge in [0.15, 0.2) is 0 Å². The first-order chi connectivity index (χ1) is 13.6. The van der Waals surface area contributed by atoms with Crippen LogP contribution in [0.25, 0.3) is 0 Å². The maximum absolute atomic E-state index is 13.4. The van der Waals surface area contributed by atoms with Crippen LogP contribution in [0.2, 0.25) is 0 Å². The molecule has 5 heteroatoms. The normalized spacial score (nSPS) is 15.2. The predicted octanol–water partition coefficient (Wildman–Crippen LogP) is 3.91. The van der Waals surface area contributed by atoms with Gasteiger partial charge in [0.1, 0.15) is 0 Å². The van der Waals surface area contributed by atoms with Crippen LogP contribution < -0.4 is 15.5 Å². The molecule has 1 unspecified atom stereocenters. The maximum Gasteiger partial charge on any atom is 0.321 e. The van der Waals surface area contributed by atoms with E-state index in [4.69, 9.17) is 5.73 Å². The molecule has 3 aromatic carbocycles. The molecule has 1 atom stereocenters. The second-order valence-electron chi connectivity index (χ2n) is 6.92. The zero-order valence-electron chi connectivity index (χ0n) is 15.6. The van der Waals surface area contributed by atoms with E-state index in [0.717, 1.165) is 17.7 Å². The fourth-order valence-corrected chi connectivity index (χ4v) is 3.66. The second kappa shape index (κ2) is 7.19. The second-order valence-corrected chi connectivity index (χ2v) is 6.92. The van der Waals surface area contributed by atoms with Gasteiger partial charge in [-0.25, -0.2) is 0 Å². The summed E-state index contributed by atoms with van der Waals surface area (Å²) in [5, 5.41) is 0. The number of fused-ring (bicyclic) bond motifs is 1. The van der Waals surface area contributed by atoms with E-state index >= 15 is 0 Å². The van der Waals surface area contributed by atoms with Crippen molar-refractivity contribution in [3.63, 3.8) is 0 Å². The Kier molecular flexibility index (Phi) is 4.57. The van der Waals surface area contributed by atoms with Crippen LogP contribution >= 0.6 is 0 Å². The molecule has 2 N–H and O–H groups in total. The SMILES string of the molecule is CC1Cc2ccccc2N1C(=O)C(=O)N(c1ccccc1)c1ccc(N)cc1. The van der Waals surface area contributed by atoms with Gasteiger partial charge in [-0.3, -0.25) is 14.5 Å². The van der Waals surface area contributed by atoms with Crippen LogP contribution in [0.4, 0.5) is 22.7 Å². The highest BCUT2D eigenvalue weighted by Crippen LogP contribution is 2.33. The number of carbonyl (C=O) groups excluding carboxylic acids is 2. The minimum atomic E-state index is -0.598. The Labute approximate surface area is 164 Å². The third-order valence-electron chi connectivity index (χ3n) is 4.98. The number of nitrogens with zero attached hydrogens (tertiary/aromatic N) is 2. The molecule has 4 rings (SSSR count). The van der Waals surface area contributed by atoms with Crippen LogP contribution in [-0.2, 0) is 16.0 Å². The minimum Gasteiger partial charge on any atom is -0.399 e.